The van der Waals surface area contributed by atoms with Gasteiger partial charge in [0.2, 0.25) is 0 Å². The van der Waals surface area contributed by atoms with E-state index in [0.29, 0.717) is 24.8 Å². The maximum absolute atomic E-state index is 12.0. The summed E-state index contributed by atoms with van der Waals surface area (Å²) in [6, 6.07) is -1.04. The van der Waals surface area contributed by atoms with E-state index < -0.39 is 12.0 Å². The molecule has 18 heavy (non-hydrogen) atoms. The molecule has 2 amide bonds. The monoisotopic (exact) mass is 292 g/mol. The number of hydrogen-bond donors (Lipinski definition) is 2. The molecule has 1 aliphatic heterocycles. The SMILES string of the molecule is CSCCC(NC(=O)N1CCSC(C)C1)C(=O)O. The molecule has 7 heteroatoms. The lowest BCUT2D eigenvalue weighted by Crippen LogP contribution is -2.51. The summed E-state index contributed by atoms with van der Waals surface area (Å²) in [5.74, 6) is 0.678. The molecule has 0 aromatic heterocycles. The molecule has 2 unspecified atom stereocenters. The van der Waals surface area contributed by atoms with Gasteiger partial charge in [-0.25, -0.2) is 9.59 Å². The van der Waals surface area contributed by atoms with Gasteiger partial charge in [-0.05, 0) is 18.4 Å². The Morgan fingerprint density at radius 2 is 2.33 bits per heavy atom. The van der Waals surface area contributed by atoms with Crippen molar-refractivity contribution in [1.29, 1.82) is 0 Å². The molecule has 0 bridgehead atoms. The molecule has 0 aromatic carbocycles. The third kappa shape index (κ3) is 4.97. The van der Waals surface area contributed by atoms with E-state index in [-0.39, 0.29) is 6.03 Å². The van der Waals surface area contributed by atoms with Crippen molar-refractivity contribution < 1.29 is 14.7 Å². The van der Waals surface area contributed by atoms with E-state index in [1.165, 1.54) is 0 Å². The van der Waals surface area contributed by atoms with E-state index >= 15 is 0 Å². The van der Waals surface area contributed by atoms with Crippen molar-refractivity contribution in [3.05, 3.63) is 0 Å². The summed E-state index contributed by atoms with van der Waals surface area (Å²) in [4.78, 5) is 24.7. The molecule has 0 radical (unpaired) electrons. The second kappa shape index (κ2) is 7.78. The lowest BCUT2D eigenvalue weighted by molar-refractivity contribution is -0.139. The van der Waals surface area contributed by atoms with Crippen LogP contribution in [0.3, 0.4) is 0 Å². The van der Waals surface area contributed by atoms with Crippen LogP contribution in [0.2, 0.25) is 0 Å². The van der Waals surface area contributed by atoms with Crippen molar-refractivity contribution in [3.63, 3.8) is 0 Å². The molecule has 1 saturated heterocycles. The summed E-state index contributed by atoms with van der Waals surface area (Å²) >= 11 is 3.42. The van der Waals surface area contributed by atoms with Crippen LogP contribution in [0.25, 0.3) is 0 Å². The lowest BCUT2D eigenvalue weighted by atomic mass is 10.2. The fraction of sp³-hybridized carbons (Fsp3) is 0.818. The Bertz CT molecular complexity index is 302. The molecule has 0 saturated carbocycles. The zero-order valence-electron chi connectivity index (χ0n) is 10.7. The average molecular weight is 292 g/mol. The zero-order valence-corrected chi connectivity index (χ0v) is 12.4. The summed E-state index contributed by atoms with van der Waals surface area (Å²) in [6.07, 6.45) is 2.38. The number of carbonyl (C=O) groups excluding carboxylic acids is 1. The first kappa shape index (κ1) is 15.5. The molecule has 1 fully saturated rings. The summed E-state index contributed by atoms with van der Waals surface area (Å²) < 4.78 is 0. The minimum absolute atomic E-state index is 0.254. The van der Waals surface area contributed by atoms with Gasteiger partial charge in [0.15, 0.2) is 0 Å². The van der Waals surface area contributed by atoms with Crippen LogP contribution < -0.4 is 5.32 Å². The standard InChI is InChI=1S/C11H20N2O3S2/c1-8-7-13(4-6-18-8)11(16)12-9(10(14)15)3-5-17-2/h8-9H,3-7H2,1-2H3,(H,12,16)(H,14,15). The Hall–Kier alpha value is -0.560. The normalized spacial score (nSPS) is 21.4. The summed E-state index contributed by atoms with van der Waals surface area (Å²) in [5.41, 5.74) is 0. The van der Waals surface area contributed by atoms with E-state index in [0.717, 1.165) is 11.5 Å². The fourth-order valence-electron chi connectivity index (χ4n) is 1.74. The molecule has 0 aliphatic carbocycles. The number of carboxylic acid groups (broad SMARTS) is 1. The number of carbonyl (C=O) groups is 2. The van der Waals surface area contributed by atoms with E-state index in [9.17, 15) is 9.59 Å². The number of amides is 2. The second-order valence-corrected chi connectivity index (χ2v) is 6.78. The van der Waals surface area contributed by atoms with Crippen LogP contribution in [0.1, 0.15) is 13.3 Å². The van der Waals surface area contributed by atoms with Crippen LogP contribution in [-0.2, 0) is 4.79 Å². The number of thioether (sulfide) groups is 2. The van der Waals surface area contributed by atoms with Crippen LogP contribution in [0.5, 0.6) is 0 Å². The van der Waals surface area contributed by atoms with Crippen LogP contribution in [0.4, 0.5) is 4.79 Å². The van der Waals surface area contributed by atoms with Gasteiger partial charge >= 0.3 is 12.0 Å². The van der Waals surface area contributed by atoms with Gasteiger partial charge in [0.1, 0.15) is 6.04 Å². The van der Waals surface area contributed by atoms with Gasteiger partial charge < -0.3 is 15.3 Å². The molecule has 2 N–H and O–H groups in total. The Balaban J connectivity index is 2.46. The Morgan fingerprint density at radius 3 is 2.89 bits per heavy atom. The van der Waals surface area contributed by atoms with E-state index in [1.807, 2.05) is 18.0 Å². The van der Waals surface area contributed by atoms with E-state index in [1.54, 1.807) is 16.7 Å². The highest BCUT2D eigenvalue weighted by Crippen LogP contribution is 2.17. The van der Waals surface area contributed by atoms with Gasteiger partial charge in [0.25, 0.3) is 0 Å². The van der Waals surface area contributed by atoms with E-state index in [2.05, 4.69) is 12.2 Å². The second-order valence-electron chi connectivity index (χ2n) is 4.25. The highest BCUT2D eigenvalue weighted by molar-refractivity contribution is 8.00. The number of rotatable bonds is 5. The highest BCUT2D eigenvalue weighted by atomic mass is 32.2. The quantitative estimate of drug-likeness (QED) is 0.800. The first-order chi connectivity index (χ1) is 8.54. The Morgan fingerprint density at radius 1 is 1.61 bits per heavy atom. The average Bonchev–Trinajstić information content (AvgIpc) is 2.33. The maximum atomic E-state index is 12.0. The van der Waals surface area contributed by atoms with Gasteiger partial charge in [0, 0.05) is 24.1 Å². The predicted molar refractivity (Wildman–Crippen MR) is 76.4 cm³/mol. The first-order valence-electron chi connectivity index (χ1n) is 5.93. The topological polar surface area (TPSA) is 69.6 Å². The Kier molecular flexibility index (Phi) is 6.70. The number of nitrogens with zero attached hydrogens (tertiary/aromatic N) is 1. The molecule has 0 spiro atoms. The lowest BCUT2D eigenvalue weighted by Gasteiger charge is -2.31. The van der Waals surface area contributed by atoms with Crippen molar-refractivity contribution in [2.24, 2.45) is 0 Å². The first-order valence-corrected chi connectivity index (χ1v) is 8.37. The smallest absolute Gasteiger partial charge is 0.326 e. The molecule has 1 aliphatic rings. The largest absolute Gasteiger partial charge is 0.480 e. The molecule has 5 nitrogen and oxygen atoms in total. The number of carboxylic acids is 1. The van der Waals surface area contributed by atoms with Crippen molar-refractivity contribution >= 4 is 35.5 Å². The van der Waals surface area contributed by atoms with Gasteiger partial charge in [-0.15, -0.1) is 0 Å². The molecule has 2 atom stereocenters. The number of aliphatic carboxylic acids is 1. The molecule has 0 aromatic rings. The maximum Gasteiger partial charge on any atom is 0.326 e. The van der Waals surface area contributed by atoms with Gasteiger partial charge in [-0.1, -0.05) is 6.92 Å². The van der Waals surface area contributed by atoms with Gasteiger partial charge in [-0.3, -0.25) is 0 Å². The fourth-order valence-corrected chi connectivity index (χ4v) is 3.22. The third-order valence-electron chi connectivity index (χ3n) is 2.73. The summed E-state index contributed by atoms with van der Waals surface area (Å²) in [6.45, 7) is 3.45. The van der Waals surface area contributed by atoms with Gasteiger partial charge in [0.05, 0.1) is 0 Å². The number of hydrogen-bond acceptors (Lipinski definition) is 4. The summed E-state index contributed by atoms with van der Waals surface area (Å²) in [7, 11) is 0. The number of urea groups is 1. The van der Waals surface area contributed by atoms with Crippen LogP contribution in [0, 0.1) is 0 Å². The third-order valence-corrected chi connectivity index (χ3v) is 4.52. The van der Waals surface area contributed by atoms with Crippen LogP contribution in [-0.4, -0.2) is 64.1 Å². The molecular formula is C11H20N2O3S2. The minimum Gasteiger partial charge on any atom is -0.480 e. The van der Waals surface area contributed by atoms with Crippen LogP contribution in [0.15, 0.2) is 0 Å². The predicted octanol–water partition coefficient (Wildman–Crippen LogP) is 1.34. The molecular weight excluding hydrogens is 272 g/mol. The summed E-state index contributed by atoms with van der Waals surface area (Å²) in [5, 5.41) is 12.1. The zero-order chi connectivity index (χ0) is 13.5. The Labute approximate surface area is 116 Å². The van der Waals surface area contributed by atoms with Gasteiger partial charge in [-0.2, -0.15) is 23.5 Å². The van der Waals surface area contributed by atoms with Crippen molar-refractivity contribution in [2.75, 3.05) is 30.9 Å². The van der Waals surface area contributed by atoms with Crippen molar-refractivity contribution in [2.45, 2.75) is 24.6 Å². The highest BCUT2D eigenvalue weighted by Gasteiger charge is 2.25. The molecule has 1 heterocycles. The minimum atomic E-state index is -0.961. The van der Waals surface area contributed by atoms with E-state index in [4.69, 9.17) is 5.11 Å². The molecule has 104 valence electrons. The number of nitrogens with one attached hydrogen (secondary N) is 1. The van der Waals surface area contributed by atoms with Crippen molar-refractivity contribution in [3.8, 4) is 0 Å². The molecule has 1 rings (SSSR count). The van der Waals surface area contributed by atoms with Crippen LogP contribution >= 0.6 is 23.5 Å². The van der Waals surface area contributed by atoms with Crippen molar-refractivity contribution in [1.82, 2.24) is 10.2 Å².